The minimum atomic E-state index is -0.589. The van der Waals surface area contributed by atoms with Crippen molar-refractivity contribution in [1.29, 1.82) is 5.41 Å². The summed E-state index contributed by atoms with van der Waals surface area (Å²) in [5.74, 6) is -0.579. The van der Waals surface area contributed by atoms with Gasteiger partial charge in [-0.1, -0.05) is 87.4 Å². The average Bonchev–Trinajstić information content (AvgIpc) is 2.83. The molecule has 0 aromatic heterocycles. The molecule has 4 nitrogen and oxygen atoms in total. The van der Waals surface area contributed by atoms with Crippen molar-refractivity contribution in [2.24, 2.45) is 0 Å². The Morgan fingerprint density at radius 2 is 1.56 bits per heavy atom. The number of ether oxygens (including phenoxy) is 1. The molecule has 4 heteroatoms. The van der Waals surface area contributed by atoms with Gasteiger partial charge in [-0.15, -0.1) is 0 Å². The molecular weight excluding hydrogens is 398 g/mol. The Hall–Kier alpha value is -3.40. The van der Waals surface area contributed by atoms with Crippen molar-refractivity contribution in [2.75, 3.05) is 7.11 Å². The van der Waals surface area contributed by atoms with Gasteiger partial charge in [0.2, 0.25) is 0 Å². The molecule has 0 heterocycles. The van der Waals surface area contributed by atoms with Crippen molar-refractivity contribution in [1.82, 2.24) is 0 Å². The summed E-state index contributed by atoms with van der Waals surface area (Å²) in [5.41, 5.74) is 5.33. The standard InChI is InChI=1S/C28H31NO3/c1-4-12-21-18-23(26(29)20-16-10-7-11-17-20)27(30)22(13-5-2)24(21)25(28(31)32-3)19-14-8-6-9-15-19/h6-11,14-18,25,29-30H,4-5,12-13H2,1-3H3/p+1. The third kappa shape index (κ3) is 4.75. The van der Waals surface area contributed by atoms with Crippen molar-refractivity contribution in [3.63, 3.8) is 0 Å². The van der Waals surface area contributed by atoms with Gasteiger partial charge in [0.1, 0.15) is 5.92 Å². The predicted octanol–water partition coefficient (Wildman–Crippen LogP) is 5.75. The lowest BCUT2D eigenvalue weighted by Gasteiger charge is -2.24. The number of benzene rings is 3. The molecule has 32 heavy (non-hydrogen) atoms. The van der Waals surface area contributed by atoms with Crippen molar-refractivity contribution in [2.45, 2.75) is 45.4 Å². The topological polar surface area (TPSA) is 73.0 Å². The Balaban J connectivity index is 2.30. The van der Waals surface area contributed by atoms with E-state index in [4.69, 9.17) is 15.3 Å². The smallest absolute Gasteiger partial charge is 0.317 e. The molecule has 0 aliphatic heterocycles. The lowest BCUT2D eigenvalue weighted by atomic mass is 9.80. The van der Waals surface area contributed by atoms with Gasteiger partial charge in [0.25, 0.3) is 5.75 Å². The molecule has 0 amide bonds. The van der Waals surface area contributed by atoms with Crippen LogP contribution in [0.5, 0.6) is 5.75 Å². The van der Waals surface area contributed by atoms with E-state index in [1.165, 1.54) is 7.11 Å². The van der Waals surface area contributed by atoms with E-state index in [1.807, 2.05) is 66.7 Å². The second kappa shape index (κ2) is 10.8. The van der Waals surface area contributed by atoms with Crippen LogP contribution < -0.4 is 0 Å². The number of rotatable bonds is 9. The first-order chi connectivity index (χ1) is 15.5. The molecule has 0 fully saturated rings. The van der Waals surface area contributed by atoms with Crippen LogP contribution in [0.25, 0.3) is 0 Å². The number of esters is 1. The fourth-order valence-electron chi connectivity index (χ4n) is 4.30. The van der Waals surface area contributed by atoms with Crippen LogP contribution in [-0.2, 0) is 22.4 Å². The minimum absolute atomic E-state index is 0.323. The highest BCUT2D eigenvalue weighted by atomic mass is 16.5. The lowest BCUT2D eigenvalue weighted by molar-refractivity contribution is -0.141. The Morgan fingerprint density at radius 3 is 2.12 bits per heavy atom. The van der Waals surface area contributed by atoms with Crippen LogP contribution >= 0.6 is 0 Å². The monoisotopic (exact) mass is 430 g/mol. The highest BCUT2D eigenvalue weighted by Crippen LogP contribution is 2.40. The summed E-state index contributed by atoms with van der Waals surface area (Å²) in [6, 6.07) is 21.1. The van der Waals surface area contributed by atoms with Crippen LogP contribution in [0.4, 0.5) is 0 Å². The summed E-state index contributed by atoms with van der Waals surface area (Å²) < 4.78 is 5.23. The van der Waals surface area contributed by atoms with E-state index in [0.29, 0.717) is 23.4 Å². The number of hydrogen-bond donors (Lipinski definition) is 1. The van der Waals surface area contributed by atoms with Gasteiger partial charge in [0.15, 0.2) is 0 Å². The maximum Gasteiger partial charge on any atom is 0.317 e. The van der Waals surface area contributed by atoms with Crippen LogP contribution in [0, 0.1) is 5.41 Å². The summed E-state index contributed by atoms with van der Waals surface area (Å²) >= 11 is 0. The van der Waals surface area contributed by atoms with E-state index < -0.39 is 5.92 Å². The maximum atomic E-state index is 13.1. The largest absolute Gasteiger partial charge is 0.593 e. The summed E-state index contributed by atoms with van der Waals surface area (Å²) in [7, 11) is 1.42. The van der Waals surface area contributed by atoms with Crippen molar-refractivity contribution < 1.29 is 14.6 Å². The van der Waals surface area contributed by atoms with Gasteiger partial charge in [0.05, 0.1) is 23.9 Å². The molecule has 1 unspecified atom stereocenters. The molecule has 0 radical (unpaired) electrons. The van der Waals surface area contributed by atoms with E-state index in [1.54, 1.807) is 0 Å². The fraction of sp³-hybridized carbons (Fsp3) is 0.286. The van der Waals surface area contributed by atoms with Gasteiger partial charge in [-0.2, -0.15) is 0 Å². The average molecular weight is 431 g/mol. The van der Waals surface area contributed by atoms with Crippen LogP contribution in [-0.4, -0.2) is 23.9 Å². The normalized spacial score (nSPS) is 11.7. The van der Waals surface area contributed by atoms with Crippen LogP contribution in [0.3, 0.4) is 0 Å². The fourth-order valence-corrected chi connectivity index (χ4v) is 4.30. The zero-order valence-corrected chi connectivity index (χ0v) is 19.1. The Labute approximate surface area is 190 Å². The Kier molecular flexibility index (Phi) is 7.82. The predicted molar refractivity (Wildman–Crippen MR) is 130 cm³/mol. The number of nitrogens with one attached hydrogen (secondary N) is 1. The molecule has 1 atom stereocenters. The first kappa shape index (κ1) is 23.3. The first-order valence-corrected chi connectivity index (χ1v) is 11.2. The van der Waals surface area contributed by atoms with Crippen LogP contribution in [0.1, 0.15) is 66.0 Å². The molecule has 0 aliphatic rings. The van der Waals surface area contributed by atoms with Gasteiger partial charge in [0, 0.05) is 5.56 Å². The molecule has 0 spiro atoms. The van der Waals surface area contributed by atoms with Crippen molar-refractivity contribution in [3.05, 3.63) is 100 Å². The van der Waals surface area contributed by atoms with Crippen molar-refractivity contribution >= 4 is 11.7 Å². The minimum Gasteiger partial charge on any atom is -0.593 e. The van der Waals surface area contributed by atoms with E-state index >= 15 is 0 Å². The van der Waals surface area contributed by atoms with Gasteiger partial charge < -0.3 is 9.84 Å². The zero-order chi connectivity index (χ0) is 23.1. The summed E-state index contributed by atoms with van der Waals surface area (Å²) in [5, 5.41) is 17.9. The molecule has 0 aliphatic carbocycles. The third-order valence-electron chi connectivity index (χ3n) is 5.77. The number of hydrogen-bond acceptors (Lipinski definition) is 3. The number of carbonyl (C=O) groups is 1. The van der Waals surface area contributed by atoms with Crippen LogP contribution in [0.15, 0.2) is 66.7 Å². The number of methoxy groups -OCH3 is 1. The quantitative estimate of drug-likeness (QED) is 0.267. The second-order valence-corrected chi connectivity index (χ2v) is 7.96. The summed E-state index contributed by atoms with van der Waals surface area (Å²) in [4.78, 5) is 13.1. The summed E-state index contributed by atoms with van der Waals surface area (Å²) in [6.07, 6.45) is 3.18. The highest BCUT2D eigenvalue weighted by molar-refractivity contribution is 6.13. The maximum absolute atomic E-state index is 13.1. The molecule has 0 saturated heterocycles. The Morgan fingerprint density at radius 1 is 0.969 bits per heavy atom. The van der Waals surface area contributed by atoms with E-state index in [9.17, 15) is 4.79 Å². The van der Waals surface area contributed by atoms with E-state index in [2.05, 4.69) is 13.8 Å². The molecule has 3 aromatic carbocycles. The van der Waals surface area contributed by atoms with Gasteiger partial charge in [-0.3, -0.25) is 10.2 Å². The molecule has 166 valence electrons. The molecule has 3 aromatic rings. The first-order valence-electron chi connectivity index (χ1n) is 11.2. The Bertz CT molecular complexity index is 1070. The second-order valence-electron chi connectivity index (χ2n) is 7.96. The van der Waals surface area contributed by atoms with Gasteiger partial charge in [-0.25, -0.2) is 0 Å². The highest BCUT2D eigenvalue weighted by Gasteiger charge is 2.33. The molecule has 0 saturated carbocycles. The SMILES string of the molecule is CCCc1cc(C(=N)c2ccccc2)c([OH2+])c(CCC)c1C(C(=O)OC)c1ccccc1. The molecule has 0 bridgehead atoms. The summed E-state index contributed by atoms with van der Waals surface area (Å²) in [6.45, 7) is 4.18. The lowest BCUT2D eigenvalue weighted by Crippen LogP contribution is -2.20. The van der Waals surface area contributed by atoms with Crippen LogP contribution in [0.2, 0.25) is 0 Å². The van der Waals surface area contributed by atoms with Crippen molar-refractivity contribution in [3.8, 4) is 5.75 Å². The third-order valence-corrected chi connectivity index (χ3v) is 5.77. The van der Waals surface area contributed by atoms with Gasteiger partial charge >= 0.3 is 5.97 Å². The van der Waals surface area contributed by atoms with E-state index in [-0.39, 0.29) is 5.97 Å². The number of aryl methyl sites for hydroxylation is 1. The zero-order valence-electron chi connectivity index (χ0n) is 19.1. The molecule has 3 N–H and O–H groups in total. The number of carbonyl (C=O) groups excluding carboxylic acids is 1. The molecular formula is C28H32NO3+. The van der Waals surface area contributed by atoms with Gasteiger partial charge in [-0.05, 0) is 35.6 Å². The van der Waals surface area contributed by atoms with E-state index in [0.717, 1.165) is 47.1 Å². The molecule has 3 rings (SSSR count).